The third-order valence-electron chi connectivity index (χ3n) is 5.66. The molecule has 0 spiro atoms. The van der Waals surface area contributed by atoms with Crippen LogP contribution in [0.15, 0.2) is 36.7 Å². The Morgan fingerprint density at radius 2 is 1.85 bits per heavy atom. The van der Waals surface area contributed by atoms with E-state index in [0.717, 1.165) is 0 Å². The number of carbonyl (C=O) groups excluding carboxylic acids is 2. The van der Waals surface area contributed by atoms with Gasteiger partial charge in [-0.15, -0.1) is 0 Å². The molecule has 3 aromatic rings. The number of methoxy groups -OCH3 is 1. The van der Waals surface area contributed by atoms with Gasteiger partial charge in [0.15, 0.2) is 11.5 Å². The molecule has 0 bridgehead atoms. The maximum absolute atomic E-state index is 12.8. The smallest absolute Gasteiger partial charge is 0.410 e. The molecule has 13 heteroatoms. The summed E-state index contributed by atoms with van der Waals surface area (Å²) in [5.74, 6) is 1.71. The van der Waals surface area contributed by atoms with Crippen molar-refractivity contribution >= 4 is 23.6 Å². The Kier molecular flexibility index (Phi) is 10.9. The van der Waals surface area contributed by atoms with Crippen molar-refractivity contribution in [2.45, 2.75) is 52.1 Å². The number of nitrogens with one attached hydrogen (secondary N) is 2. The SMILES string of the molecule is COc1cccc(OCCCN(CCCCC(N)=O)C(=O)OC(C)(C)C)c1-c1cc(Nc2cnc(C#N)cn2)n[nH]1. The lowest BCUT2D eigenvalue weighted by atomic mass is 10.1. The van der Waals surface area contributed by atoms with Crippen molar-refractivity contribution < 1.29 is 23.8 Å². The average molecular weight is 565 g/mol. The van der Waals surface area contributed by atoms with Crippen LogP contribution in [0, 0.1) is 11.3 Å². The lowest BCUT2D eigenvalue weighted by Crippen LogP contribution is -2.38. The summed E-state index contributed by atoms with van der Waals surface area (Å²) >= 11 is 0. The van der Waals surface area contributed by atoms with E-state index in [0.29, 0.717) is 73.4 Å². The summed E-state index contributed by atoms with van der Waals surface area (Å²) < 4.78 is 17.3. The molecule has 2 amide bonds. The van der Waals surface area contributed by atoms with E-state index in [9.17, 15) is 9.59 Å². The molecule has 1 aromatic carbocycles. The Balaban J connectivity index is 1.66. The number of nitrogens with two attached hydrogens (primary N) is 1. The predicted octanol–water partition coefficient (Wildman–Crippen LogP) is 4.15. The number of nitrogens with zero attached hydrogens (tertiary/aromatic N) is 5. The lowest BCUT2D eigenvalue weighted by molar-refractivity contribution is -0.118. The topological polar surface area (TPSA) is 181 Å². The molecule has 2 heterocycles. The number of hydrogen-bond acceptors (Lipinski definition) is 10. The molecule has 3 rings (SSSR count). The molecule has 13 nitrogen and oxygen atoms in total. The van der Waals surface area contributed by atoms with Gasteiger partial charge in [0.2, 0.25) is 5.91 Å². The number of benzene rings is 1. The summed E-state index contributed by atoms with van der Waals surface area (Å²) in [5.41, 5.74) is 6.14. The summed E-state index contributed by atoms with van der Waals surface area (Å²) in [7, 11) is 1.57. The minimum Gasteiger partial charge on any atom is -0.496 e. The Labute approximate surface area is 239 Å². The zero-order valence-electron chi connectivity index (χ0n) is 23.8. The van der Waals surface area contributed by atoms with Gasteiger partial charge in [-0.05, 0) is 52.2 Å². The number of ether oxygens (including phenoxy) is 3. The Morgan fingerprint density at radius 1 is 1.10 bits per heavy atom. The Morgan fingerprint density at radius 3 is 2.51 bits per heavy atom. The highest BCUT2D eigenvalue weighted by molar-refractivity contribution is 5.76. The third-order valence-corrected chi connectivity index (χ3v) is 5.66. The van der Waals surface area contributed by atoms with Crippen LogP contribution in [0.25, 0.3) is 11.3 Å². The molecule has 41 heavy (non-hydrogen) atoms. The average Bonchev–Trinajstić information content (AvgIpc) is 3.39. The van der Waals surface area contributed by atoms with Crippen molar-refractivity contribution in [2.75, 3.05) is 32.1 Å². The summed E-state index contributed by atoms with van der Waals surface area (Å²) in [6.07, 6.45) is 4.44. The molecule has 2 aromatic heterocycles. The van der Waals surface area contributed by atoms with Crippen LogP contribution in [-0.2, 0) is 9.53 Å². The highest BCUT2D eigenvalue weighted by Crippen LogP contribution is 2.38. The van der Waals surface area contributed by atoms with Crippen molar-refractivity contribution in [1.82, 2.24) is 25.1 Å². The summed E-state index contributed by atoms with van der Waals surface area (Å²) in [6, 6.07) is 9.17. The predicted molar refractivity (Wildman–Crippen MR) is 152 cm³/mol. The number of aromatic nitrogens is 4. The van der Waals surface area contributed by atoms with Crippen molar-refractivity contribution in [3.8, 4) is 28.8 Å². The zero-order chi connectivity index (χ0) is 29.8. The van der Waals surface area contributed by atoms with Crippen molar-refractivity contribution in [2.24, 2.45) is 5.73 Å². The largest absolute Gasteiger partial charge is 0.496 e. The third kappa shape index (κ3) is 9.68. The first-order valence-electron chi connectivity index (χ1n) is 13.2. The molecule has 0 unspecified atom stereocenters. The molecule has 4 N–H and O–H groups in total. The van der Waals surface area contributed by atoms with Crippen LogP contribution in [0.4, 0.5) is 16.4 Å². The number of amides is 2. The standard InChI is InChI=1S/C28H36N8O5/c1-28(2,3)41-27(38)36(12-6-5-11-23(30)37)13-8-14-40-22-10-7-9-21(39-4)26(22)20-15-24(35-34-20)33-25-18-31-19(16-29)17-32-25/h7,9-10,15,17-18H,5-6,8,11-14H2,1-4H3,(H2,30,37)(H2,32,33,34,35). The normalized spacial score (nSPS) is 10.9. The molecule has 0 saturated carbocycles. The molecule has 0 saturated heterocycles. The van der Waals surface area contributed by atoms with Gasteiger partial charge in [-0.25, -0.2) is 14.8 Å². The summed E-state index contributed by atoms with van der Waals surface area (Å²) in [5, 5.41) is 19.2. The van der Waals surface area contributed by atoms with Crippen molar-refractivity contribution in [3.63, 3.8) is 0 Å². The number of unbranched alkanes of at least 4 members (excludes halogenated alkanes) is 1. The van der Waals surface area contributed by atoms with Crippen LogP contribution in [0.2, 0.25) is 0 Å². The number of aromatic amines is 1. The lowest BCUT2D eigenvalue weighted by Gasteiger charge is -2.27. The van der Waals surface area contributed by atoms with Crippen LogP contribution in [0.5, 0.6) is 11.5 Å². The molecule has 0 fully saturated rings. The minimum absolute atomic E-state index is 0.214. The minimum atomic E-state index is -0.626. The first-order chi connectivity index (χ1) is 19.6. The fraction of sp³-hybridized carbons (Fsp3) is 0.429. The summed E-state index contributed by atoms with van der Waals surface area (Å²) in [4.78, 5) is 33.6. The fourth-order valence-electron chi connectivity index (χ4n) is 3.82. The van der Waals surface area contributed by atoms with Gasteiger partial charge in [0.25, 0.3) is 0 Å². The molecule has 0 aliphatic heterocycles. The molecule has 218 valence electrons. The Hall–Kier alpha value is -4.86. The summed E-state index contributed by atoms with van der Waals surface area (Å²) in [6.45, 7) is 6.63. The molecule has 0 atom stereocenters. The van der Waals surface area contributed by atoms with Crippen LogP contribution in [0.3, 0.4) is 0 Å². The number of nitriles is 1. The van der Waals surface area contributed by atoms with Gasteiger partial charge in [-0.2, -0.15) is 10.4 Å². The van der Waals surface area contributed by atoms with E-state index in [1.807, 2.05) is 45.0 Å². The van der Waals surface area contributed by atoms with Crippen molar-refractivity contribution in [3.05, 3.63) is 42.4 Å². The maximum Gasteiger partial charge on any atom is 0.410 e. The highest BCUT2D eigenvalue weighted by atomic mass is 16.6. The van der Waals surface area contributed by atoms with Gasteiger partial charge in [0.1, 0.15) is 29.0 Å². The Bertz CT molecular complexity index is 1340. The van der Waals surface area contributed by atoms with Crippen molar-refractivity contribution in [1.29, 1.82) is 5.26 Å². The zero-order valence-corrected chi connectivity index (χ0v) is 23.8. The van der Waals surface area contributed by atoms with E-state index in [1.165, 1.54) is 12.4 Å². The molecule has 0 aliphatic rings. The first kappa shape index (κ1) is 30.7. The quantitative estimate of drug-likeness (QED) is 0.241. The van der Waals surface area contributed by atoms with Crippen LogP contribution < -0.4 is 20.5 Å². The number of hydrogen-bond donors (Lipinski definition) is 3. The maximum atomic E-state index is 12.8. The number of primary amides is 1. The second-order valence-corrected chi connectivity index (χ2v) is 10.1. The number of carbonyl (C=O) groups is 2. The number of anilines is 2. The van der Waals surface area contributed by atoms with E-state index in [-0.39, 0.29) is 18.0 Å². The van der Waals surface area contributed by atoms with Crippen LogP contribution >= 0.6 is 0 Å². The molecular weight excluding hydrogens is 528 g/mol. The second kappa shape index (κ2) is 14.5. The van der Waals surface area contributed by atoms with Gasteiger partial charge >= 0.3 is 6.09 Å². The van der Waals surface area contributed by atoms with Gasteiger partial charge in [-0.1, -0.05) is 6.07 Å². The second-order valence-electron chi connectivity index (χ2n) is 10.1. The van der Waals surface area contributed by atoms with Gasteiger partial charge in [0, 0.05) is 25.6 Å². The fourth-order valence-corrected chi connectivity index (χ4v) is 3.82. The number of H-pyrrole nitrogens is 1. The molecule has 0 aliphatic carbocycles. The number of rotatable bonds is 14. The van der Waals surface area contributed by atoms with E-state index in [1.54, 1.807) is 18.1 Å². The van der Waals surface area contributed by atoms with Gasteiger partial charge in [0.05, 0.1) is 37.4 Å². The van der Waals surface area contributed by atoms with E-state index < -0.39 is 11.7 Å². The van der Waals surface area contributed by atoms with Gasteiger partial charge in [-0.3, -0.25) is 9.89 Å². The van der Waals surface area contributed by atoms with Crippen LogP contribution in [0.1, 0.15) is 52.1 Å². The van der Waals surface area contributed by atoms with Crippen LogP contribution in [-0.4, -0.2) is 69.5 Å². The monoisotopic (exact) mass is 564 g/mol. The molecule has 0 radical (unpaired) electrons. The molecular formula is C28H36N8O5. The van der Waals surface area contributed by atoms with E-state index in [4.69, 9.17) is 25.2 Å². The van der Waals surface area contributed by atoms with E-state index >= 15 is 0 Å². The van der Waals surface area contributed by atoms with E-state index in [2.05, 4.69) is 25.5 Å². The first-order valence-corrected chi connectivity index (χ1v) is 13.2. The van der Waals surface area contributed by atoms with Gasteiger partial charge < -0.3 is 30.2 Å². The highest BCUT2D eigenvalue weighted by Gasteiger charge is 2.22.